The lowest BCUT2D eigenvalue weighted by Crippen LogP contribution is -2.30. The van der Waals surface area contributed by atoms with Crippen LogP contribution >= 0.6 is 0 Å². The minimum Gasteiger partial charge on any atom is -0.392 e. The Kier molecular flexibility index (Phi) is 4.70. The standard InChI is InChI=1S/C15H22FNO3S/c1-10(2)13-4-5-17(8-13)21(19,20)15-7-12(9-18)6-14(16)11(15)3/h6-7,10,13,18H,4-5,8-9H2,1-3H3. The van der Waals surface area contributed by atoms with Crippen LogP contribution in [0.2, 0.25) is 0 Å². The fourth-order valence-corrected chi connectivity index (χ4v) is 4.52. The summed E-state index contributed by atoms with van der Waals surface area (Å²) >= 11 is 0. The van der Waals surface area contributed by atoms with Crippen LogP contribution < -0.4 is 0 Å². The van der Waals surface area contributed by atoms with Crippen LogP contribution in [0.5, 0.6) is 0 Å². The number of hydrogen-bond donors (Lipinski definition) is 1. The third kappa shape index (κ3) is 3.12. The topological polar surface area (TPSA) is 57.6 Å². The molecule has 0 aromatic heterocycles. The molecule has 0 radical (unpaired) electrons. The monoisotopic (exact) mass is 315 g/mol. The van der Waals surface area contributed by atoms with Crippen molar-refractivity contribution in [3.63, 3.8) is 0 Å². The highest BCUT2D eigenvalue weighted by Gasteiger charge is 2.35. The molecule has 1 saturated heterocycles. The molecule has 1 aromatic rings. The first kappa shape index (κ1) is 16.4. The van der Waals surface area contributed by atoms with Gasteiger partial charge in [0.25, 0.3) is 0 Å². The summed E-state index contributed by atoms with van der Waals surface area (Å²) in [5.74, 6) is 0.164. The Morgan fingerprint density at radius 2 is 2.10 bits per heavy atom. The number of hydrogen-bond acceptors (Lipinski definition) is 3. The molecule has 21 heavy (non-hydrogen) atoms. The molecule has 1 fully saturated rings. The molecular formula is C15H22FNO3S. The molecule has 2 rings (SSSR count). The summed E-state index contributed by atoms with van der Waals surface area (Å²) in [5.41, 5.74) is 0.386. The van der Waals surface area contributed by atoms with Gasteiger partial charge in [-0.15, -0.1) is 0 Å². The van der Waals surface area contributed by atoms with Crippen molar-refractivity contribution in [1.29, 1.82) is 0 Å². The molecule has 1 unspecified atom stereocenters. The van der Waals surface area contributed by atoms with E-state index in [2.05, 4.69) is 13.8 Å². The average molecular weight is 315 g/mol. The first-order chi connectivity index (χ1) is 9.77. The molecule has 0 amide bonds. The Bertz CT molecular complexity index is 628. The molecule has 1 aromatic carbocycles. The smallest absolute Gasteiger partial charge is 0.243 e. The largest absolute Gasteiger partial charge is 0.392 e. The van der Waals surface area contributed by atoms with Crippen molar-refractivity contribution in [1.82, 2.24) is 4.31 Å². The van der Waals surface area contributed by atoms with Gasteiger partial charge in [0.1, 0.15) is 5.82 Å². The third-order valence-electron chi connectivity index (χ3n) is 4.29. The third-order valence-corrected chi connectivity index (χ3v) is 6.28. The molecule has 0 spiro atoms. The van der Waals surface area contributed by atoms with E-state index in [4.69, 9.17) is 5.11 Å². The molecule has 0 saturated carbocycles. The van der Waals surface area contributed by atoms with Crippen LogP contribution in [0.15, 0.2) is 17.0 Å². The van der Waals surface area contributed by atoms with Gasteiger partial charge in [-0.25, -0.2) is 12.8 Å². The van der Waals surface area contributed by atoms with Crippen LogP contribution in [0.1, 0.15) is 31.4 Å². The van der Waals surface area contributed by atoms with Gasteiger partial charge >= 0.3 is 0 Å². The quantitative estimate of drug-likeness (QED) is 0.927. The number of aliphatic hydroxyl groups excluding tert-OH is 1. The predicted octanol–water partition coefficient (Wildman–Crippen LogP) is 2.29. The SMILES string of the molecule is Cc1c(F)cc(CO)cc1S(=O)(=O)N1CCC(C(C)C)C1. The summed E-state index contributed by atoms with van der Waals surface area (Å²) in [6.07, 6.45) is 0.831. The first-order valence-corrected chi connectivity index (χ1v) is 8.61. The van der Waals surface area contributed by atoms with E-state index in [1.165, 1.54) is 23.4 Å². The normalized spacial score (nSPS) is 20.4. The first-order valence-electron chi connectivity index (χ1n) is 7.17. The maximum atomic E-state index is 13.9. The minimum absolute atomic E-state index is 0.0315. The second kappa shape index (κ2) is 6.02. The van der Waals surface area contributed by atoms with Crippen molar-refractivity contribution < 1.29 is 17.9 Å². The lowest BCUT2D eigenvalue weighted by molar-refractivity contribution is 0.280. The minimum atomic E-state index is -3.71. The summed E-state index contributed by atoms with van der Waals surface area (Å²) < 4.78 is 40.7. The summed E-state index contributed by atoms with van der Waals surface area (Å²) in [7, 11) is -3.71. The van der Waals surface area contributed by atoms with E-state index in [0.717, 1.165) is 6.42 Å². The molecule has 4 nitrogen and oxygen atoms in total. The van der Waals surface area contributed by atoms with Gasteiger partial charge in [-0.05, 0) is 42.9 Å². The van der Waals surface area contributed by atoms with E-state index in [1.54, 1.807) is 0 Å². The molecular weight excluding hydrogens is 293 g/mol. The van der Waals surface area contributed by atoms with E-state index < -0.39 is 15.8 Å². The van der Waals surface area contributed by atoms with E-state index in [0.29, 0.717) is 24.9 Å². The zero-order chi connectivity index (χ0) is 15.8. The lowest BCUT2D eigenvalue weighted by Gasteiger charge is -2.20. The van der Waals surface area contributed by atoms with Crippen molar-refractivity contribution >= 4 is 10.0 Å². The van der Waals surface area contributed by atoms with Crippen molar-refractivity contribution in [2.75, 3.05) is 13.1 Å². The van der Waals surface area contributed by atoms with Crippen LogP contribution in [0.4, 0.5) is 4.39 Å². The fraction of sp³-hybridized carbons (Fsp3) is 0.600. The van der Waals surface area contributed by atoms with Crippen LogP contribution in [0.3, 0.4) is 0 Å². The van der Waals surface area contributed by atoms with Gasteiger partial charge in [0.05, 0.1) is 11.5 Å². The van der Waals surface area contributed by atoms with E-state index in [1.807, 2.05) is 0 Å². The predicted molar refractivity (Wildman–Crippen MR) is 78.8 cm³/mol. The zero-order valence-electron chi connectivity index (χ0n) is 12.6. The zero-order valence-corrected chi connectivity index (χ0v) is 13.5. The van der Waals surface area contributed by atoms with Crippen LogP contribution in [0, 0.1) is 24.6 Å². The number of sulfonamides is 1. The van der Waals surface area contributed by atoms with Crippen LogP contribution in [-0.2, 0) is 16.6 Å². The number of benzene rings is 1. The molecule has 118 valence electrons. The van der Waals surface area contributed by atoms with Crippen LogP contribution in [0.25, 0.3) is 0 Å². The van der Waals surface area contributed by atoms with Gasteiger partial charge < -0.3 is 5.11 Å². The van der Waals surface area contributed by atoms with Gasteiger partial charge in [-0.1, -0.05) is 13.8 Å². The molecule has 1 N–H and O–H groups in total. The molecule has 1 heterocycles. The molecule has 0 aliphatic carbocycles. The average Bonchev–Trinajstić information content (AvgIpc) is 2.92. The molecule has 1 aliphatic rings. The molecule has 0 bridgehead atoms. The number of aliphatic hydroxyl groups is 1. The maximum Gasteiger partial charge on any atom is 0.243 e. The van der Waals surface area contributed by atoms with Crippen molar-refractivity contribution in [2.45, 2.75) is 38.7 Å². The fourth-order valence-electron chi connectivity index (χ4n) is 2.72. The Morgan fingerprint density at radius 1 is 1.43 bits per heavy atom. The highest BCUT2D eigenvalue weighted by molar-refractivity contribution is 7.89. The van der Waals surface area contributed by atoms with Gasteiger partial charge in [0.15, 0.2) is 0 Å². The van der Waals surface area contributed by atoms with E-state index >= 15 is 0 Å². The second-order valence-electron chi connectivity index (χ2n) is 6.01. The maximum absolute atomic E-state index is 13.9. The number of halogens is 1. The lowest BCUT2D eigenvalue weighted by atomic mass is 9.96. The van der Waals surface area contributed by atoms with Crippen molar-refractivity contribution in [3.05, 3.63) is 29.1 Å². The Balaban J connectivity index is 2.39. The summed E-state index contributed by atoms with van der Waals surface area (Å²) in [5, 5.41) is 9.15. The van der Waals surface area contributed by atoms with Crippen molar-refractivity contribution in [2.24, 2.45) is 11.8 Å². The Hall–Kier alpha value is -0.980. The Labute approximate surface area is 125 Å². The highest BCUT2D eigenvalue weighted by atomic mass is 32.2. The van der Waals surface area contributed by atoms with Gasteiger partial charge in [0.2, 0.25) is 10.0 Å². The second-order valence-corrected chi connectivity index (χ2v) is 7.92. The van der Waals surface area contributed by atoms with E-state index in [-0.39, 0.29) is 22.6 Å². The van der Waals surface area contributed by atoms with Gasteiger partial charge in [0, 0.05) is 18.7 Å². The highest BCUT2D eigenvalue weighted by Crippen LogP contribution is 2.30. The molecule has 1 aliphatic heterocycles. The van der Waals surface area contributed by atoms with E-state index in [9.17, 15) is 12.8 Å². The summed E-state index contributed by atoms with van der Waals surface area (Å²) in [6, 6.07) is 2.55. The molecule has 1 atom stereocenters. The number of nitrogens with zero attached hydrogens (tertiary/aromatic N) is 1. The summed E-state index contributed by atoms with van der Waals surface area (Å²) in [4.78, 5) is -0.0315. The van der Waals surface area contributed by atoms with Gasteiger partial charge in [-0.2, -0.15) is 4.31 Å². The summed E-state index contributed by atoms with van der Waals surface area (Å²) in [6.45, 7) is 6.18. The van der Waals surface area contributed by atoms with Crippen molar-refractivity contribution in [3.8, 4) is 0 Å². The Morgan fingerprint density at radius 3 is 2.62 bits per heavy atom. The van der Waals surface area contributed by atoms with Crippen LogP contribution in [-0.4, -0.2) is 30.9 Å². The number of rotatable bonds is 4. The molecule has 6 heteroatoms. The van der Waals surface area contributed by atoms with Gasteiger partial charge in [-0.3, -0.25) is 0 Å².